The summed E-state index contributed by atoms with van der Waals surface area (Å²) in [7, 11) is 0. The average molecular weight is 183 g/mol. The van der Waals surface area contributed by atoms with Crippen molar-refractivity contribution in [2.75, 3.05) is 0 Å². The zero-order valence-corrected chi connectivity index (χ0v) is 9.62. The predicted octanol–water partition coefficient (Wildman–Crippen LogP) is 3.06. The molecule has 0 atom stereocenters. The van der Waals surface area contributed by atoms with Gasteiger partial charge >= 0.3 is 0 Å². The summed E-state index contributed by atoms with van der Waals surface area (Å²) in [5, 5.41) is 7.69. The van der Waals surface area contributed by atoms with Gasteiger partial charge in [0.1, 0.15) is 5.78 Å². The van der Waals surface area contributed by atoms with Gasteiger partial charge in [-0.2, -0.15) is 0 Å². The highest BCUT2D eigenvalue weighted by Gasteiger charge is 2.39. The molecule has 0 rings (SSSR count). The van der Waals surface area contributed by atoms with Gasteiger partial charge in [0.15, 0.2) is 0 Å². The molecule has 13 heavy (non-hydrogen) atoms. The third-order valence-corrected chi connectivity index (χ3v) is 3.32. The molecule has 0 fully saturated rings. The molecule has 2 heteroatoms. The van der Waals surface area contributed by atoms with Gasteiger partial charge in [-0.05, 0) is 19.3 Å². The van der Waals surface area contributed by atoms with E-state index in [0.29, 0.717) is 12.1 Å². The summed E-state index contributed by atoms with van der Waals surface area (Å²) in [6.07, 6.45) is 0.538. The first-order valence-corrected chi connectivity index (χ1v) is 4.66. The Bertz CT molecular complexity index is 226. The van der Waals surface area contributed by atoms with Crippen molar-refractivity contribution >= 4 is 11.5 Å². The lowest BCUT2D eigenvalue weighted by Crippen LogP contribution is -2.39. The van der Waals surface area contributed by atoms with Crippen molar-refractivity contribution in [2.24, 2.45) is 10.8 Å². The molecule has 0 aliphatic rings. The van der Waals surface area contributed by atoms with E-state index in [0.717, 1.165) is 0 Å². The minimum Gasteiger partial charge on any atom is -0.309 e. The van der Waals surface area contributed by atoms with Gasteiger partial charge in [-0.1, -0.05) is 27.7 Å². The summed E-state index contributed by atoms with van der Waals surface area (Å²) >= 11 is 0. The van der Waals surface area contributed by atoms with Crippen molar-refractivity contribution in [3.05, 3.63) is 0 Å². The number of ketones is 1. The summed E-state index contributed by atoms with van der Waals surface area (Å²) in [6, 6.07) is 0. The van der Waals surface area contributed by atoms with Crippen LogP contribution in [0.1, 0.15) is 48.0 Å². The first kappa shape index (κ1) is 12.3. The molecule has 0 amide bonds. The molecule has 0 spiro atoms. The first-order valence-electron chi connectivity index (χ1n) is 4.66. The van der Waals surface area contributed by atoms with E-state index in [1.807, 2.05) is 34.6 Å². The van der Waals surface area contributed by atoms with Gasteiger partial charge in [-0.3, -0.25) is 0 Å². The maximum Gasteiger partial charge on any atom is 0.130 e. The fraction of sp³-hybridized carbons (Fsp3) is 0.818. The Morgan fingerprint density at radius 3 is 1.77 bits per heavy atom. The van der Waals surface area contributed by atoms with Crippen LogP contribution in [0.25, 0.3) is 0 Å². The van der Waals surface area contributed by atoms with Crippen LogP contribution in [0.3, 0.4) is 0 Å². The minimum atomic E-state index is -0.210. The highest BCUT2D eigenvalue weighted by Crippen LogP contribution is 2.42. The Labute approximate surface area is 81.2 Å². The second-order valence-corrected chi connectivity index (χ2v) is 5.01. The van der Waals surface area contributed by atoms with Gasteiger partial charge < -0.3 is 10.2 Å². The van der Waals surface area contributed by atoms with E-state index in [1.54, 1.807) is 6.92 Å². The molecule has 0 aromatic heterocycles. The SMILES string of the molecule is CC(=N)C(C)(C)C(C)(C)CC(C)=O. The molecule has 76 valence electrons. The Balaban J connectivity index is 4.80. The fourth-order valence-corrected chi connectivity index (χ4v) is 1.35. The maximum atomic E-state index is 11.1. The van der Waals surface area contributed by atoms with Crippen molar-refractivity contribution in [3.63, 3.8) is 0 Å². The molecule has 0 unspecified atom stereocenters. The van der Waals surface area contributed by atoms with Crippen LogP contribution in [0.5, 0.6) is 0 Å². The van der Waals surface area contributed by atoms with E-state index in [9.17, 15) is 4.79 Å². The van der Waals surface area contributed by atoms with E-state index in [1.165, 1.54) is 0 Å². The maximum absolute atomic E-state index is 11.1. The highest BCUT2D eigenvalue weighted by atomic mass is 16.1. The quantitative estimate of drug-likeness (QED) is 0.669. The van der Waals surface area contributed by atoms with E-state index in [2.05, 4.69) is 0 Å². The Hall–Kier alpha value is -0.660. The Morgan fingerprint density at radius 1 is 1.15 bits per heavy atom. The van der Waals surface area contributed by atoms with Crippen LogP contribution in [0.2, 0.25) is 0 Å². The lowest BCUT2D eigenvalue weighted by atomic mass is 9.63. The summed E-state index contributed by atoms with van der Waals surface area (Å²) < 4.78 is 0. The van der Waals surface area contributed by atoms with Crippen molar-refractivity contribution in [2.45, 2.75) is 48.0 Å². The third-order valence-electron chi connectivity index (χ3n) is 3.32. The fourth-order valence-electron chi connectivity index (χ4n) is 1.35. The molecule has 0 radical (unpaired) electrons. The summed E-state index contributed by atoms with van der Waals surface area (Å²) in [5.41, 5.74) is 0.294. The van der Waals surface area contributed by atoms with E-state index < -0.39 is 0 Å². The average Bonchev–Trinajstić information content (AvgIpc) is 1.83. The topological polar surface area (TPSA) is 40.9 Å². The van der Waals surface area contributed by atoms with Crippen LogP contribution in [0, 0.1) is 16.2 Å². The van der Waals surface area contributed by atoms with Crippen molar-refractivity contribution < 1.29 is 4.79 Å². The summed E-state index contributed by atoms with van der Waals surface area (Å²) in [4.78, 5) is 11.1. The number of hydrogen-bond acceptors (Lipinski definition) is 2. The molecular formula is C11H21NO. The molecule has 0 aliphatic heterocycles. The van der Waals surface area contributed by atoms with Crippen molar-refractivity contribution in [1.82, 2.24) is 0 Å². The lowest BCUT2D eigenvalue weighted by Gasteiger charge is -2.40. The largest absolute Gasteiger partial charge is 0.309 e. The van der Waals surface area contributed by atoms with Gasteiger partial charge in [0.2, 0.25) is 0 Å². The number of nitrogens with one attached hydrogen (secondary N) is 1. The molecule has 0 heterocycles. The smallest absolute Gasteiger partial charge is 0.130 e. The zero-order chi connectivity index (χ0) is 10.9. The van der Waals surface area contributed by atoms with Crippen LogP contribution in [-0.2, 0) is 4.79 Å². The number of rotatable bonds is 4. The van der Waals surface area contributed by atoms with Gasteiger partial charge in [0.25, 0.3) is 0 Å². The first-order chi connectivity index (χ1) is 5.61. The molecule has 0 bridgehead atoms. The predicted molar refractivity (Wildman–Crippen MR) is 56.3 cm³/mol. The van der Waals surface area contributed by atoms with E-state index >= 15 is 0 Å². The monoisotopic (exact) mass is 183 g/mol. The molecule has 0 aliphatic carbocycles. The Kier molecular flexibility index (Phi) is 3.42. The summed E-state index contributed by atoms with van der Waals surface area (Å²) in [6.45, 7) is 11.6. The highest BCUT2D eigenvalue weighted by molar-refractivity contribution is 5.86. The zero-order valence-electron chi connectivity index (χ0n) is 9.62. The van der Waals surface area contributed by atoms with Gasteiger partial charge in [-0.25, -0.2) is 0 Å². The lowest BCUT2D eigenvalue weighted by molar-refractivity contribution is -0.119. The van der Waals surface area contributed by atoms with Crippen LogP contribution in [-0.4, -0.2) is 11.5 Å². The van der Waals surface area contributed by atoms with E-state index in [4.69, 9.17) is 5.41 Å². The summed E-state index contributed by atoms with van der Waals surface area (Å²) in [5.74, 6) is 0.194. The number of Topliss-reactive ketones (excluding diaryl/α,β-unsaturated/α-hetero) is 1. The molecule has 0 saturated carbocycles. The molecule has 2 nitrogen and oxygen atoms in total. The normalized spacial score (nSPS) is 12.8. The molecule has 0 aromatic rings. The van der Waals surface area contributed by atoms with E-state index in [-0.39, 0.29) is 16.6 Å². The number of carbonyl (C=O) groups excluding carboxylic acids is 1. The third kappa shape index (κ3) is 2.64. The van der Waals surface area contributed by atoms with Gasteiger partial charge in [-0.15, -0.1) is 0 Å². The standard InChI is InChI=1S/C11H21NO/c1-8(13)7-10(3,4)11(5,6)9(2)12/h12H,7H2,1-6H3. The Morgan fingerprint density at radius 2 is 1.54 bits per heavy atom. The molecule has 1 N–H and O–H groups in total. The second kappa shape index (κ2) is 3.60. The van der Waals surface area contributed by atoms with Crippen LogP contribution in [0.4, 0.5) is 0 Å². The second-order valence-electron chi connectivity index (χ2n) is 5.01. The van der Waals surface area contributed by atoms with Crippen LogP contribution >= 0.6 is 0 Å². The van der Waals surface area contributed by atoms with Crippen LogP contribution in [0.15, 0.2) is 0 Å². The molecular weight excluding hydrogens is 162 g/mol. The van der Waals surface area contributed by atoms with Crippen LogP contribution < -0.4 is 0 Å². The van der Waals surface area contributed by atoms with Gasteiger partial charge in [0, 0.05) is 17.5 Å². The molecule has 0 aromatic carbocycles. The number of hydrogen-bond donors (Lipinski definition) is 1. The molecule has 0 saturated heterocycles. The minimum absolute atomic E-state index is 0.134. The number of carbonyl (C=O) groups is 1. The van der Waals surface area contributed by atoms with Gasteiger partial charge in [0.05, 0.1) is 0 Å². The van der Waals surface area contributed by atoms with Crippen molar-refractivity contribution in [3.8, 4) is 0 Å². The van der Waals surface area contributed by atoms with Crippen molar-refractivity contribution in [1.29, 1.82) is 5.41 Å².